The van der Waals surface area contributed by atoms with Crippen molar-refractivity contribution in [2.75, 3.05) is 11.9 Å². The van der Waals surface area contributed by atoms with Crippen LogP contribution in [0.5, 0.6) is 0 Å². The summed E-state index contributed by atoms with van der Waals surface area (Å²) < 4.78 is 4.98. The summed E-state index contributed by atoms with van der Waals surface area (Å²) in [5.74, 6) is 0.513. The van der Waals surface area contributed by atoms with Gasteiger partial charge in [0, 0.05) is 24.0 Å². The number of nitrogens with one attached hydrogen (secondary N) is 2. The molecule has 5 heteroatoms. The van der Waals surface area contributed by atoms with Crippen molar-refractivity contribution in [1.29, 1.82) is 5.41 Å². The first kappa shape index (κ1) is 13.3. The van der Waals surface area contributed by atoms with Gasteiger partial charge in [-0.15, -0.1) is 0 Å². The highest BCUT2D eigenvalue weighted by molar-refractivity contribution is 6.09. The summed E-state index contributed by atoms with van der Waals surface area (Å²) >= 11 is 0. The van der Waals surface area contributed by atoms with Gasteiger partial charge >= 0.3 is 5.97 Å². The van der Waals surface area contributed by atoms with E-state index in [1.54, 1.807) is 13.1 Å². The molecule has 19 heavy (non-hydrogen) atoms. The molecule has 0 bridgehead atoms. The van der Waals surface area contributed by atoms with Crippen LogP contribution in [-0.4, -0.2) is 23.8 Å². The zero-order chi connectivity index (χ0) is 13.7. The number of hydrogen-bond donors (Lipinski definition) is 2. The Morgan fingerprint density at radius 3 is 2.89 bits per heavy atom. The maximum absolute atomic E-state index is 11.8. The van der Waals surface area contributed by atoms with Crippen LogP contribution in [0, 0.1) is 11.3 Å². The summed E-state index contributed by atoms with van der Waals surface area (Å²) in [6.45, 7) is 2.06. The van der Waals surface area contributed by atoms with Crippen LogP contribution in [0.3, 0.4) is 0 Å². The Morgan fingerprint density at radius 1 is 1.58 bits per heavy atom. The maximum atomic E-state index is 11.8. The van der Waals surface area contributed by atoms with Crippen molar-refractivity contribution in [3.05, 3.63) is 35.7 Å². The molecule has 1 aliphatic carbocycles. The van der Waals surface area contributed by atoms with Gasteiger partial charge in [0.25, 0.3) is 0 Å². The number of hydrogen-bond acceptors (Lipinski definition) is 5. The van der Waals surface area contributed by atoms with Crippen LogP contribution in [-0.2, 0) is 9.53 Å². The van der Waals surface area contributed by atoms with Crippen molar-refractivity contribution in [3.63, 3.8) is 0 Å². The zero-order valence-electron chi connectivity index (χ0n) is 10.8. The van der Waals surface area contributed by atoms with E-state index in [9.17, 15) is 4.79 Å². The molecular weight excluding hydrogens is 242 g/mol. The van der Waals surface area contributed by atoms with Crippen molar-refractivity contribution in [3.8, 4) is 0 Å². The minimum absolute atomic E-state index is 0.287. The van der Waals surface area contributed by atoms with Crippen molar-refractivity contribution >= 4 is 18.0 Å². The second-order valence-corrected chi connectivity index (χ2v) is 4.31. The molecule has 1 heterocycles. The van der Waals surface area contributed by atoms with Crippen LogP contribution in [0.4, 0.5) is 5.82 Å². The molecule has 0 atom stereocenters. The molecule has 0 saturated heterocycles. The average Bonchev–Trinajstić information content (AvgIpc) is 3.24. The third-order valence-electron chi connectivity index (χ3n) is 2.84. The van der Waals surface area contributed by atoms with Crippen molar-refractivity contribution < 1.29 is 9.53 Å². The van der Waals surface area contributed by atoms with Crippen molar-refractivity contribution in [2.24, 2.45) is 5.92 Å². The van der Waals surface area contributed by atoms with Gasteiger partial charge in [-0.3, -0.25) is 0 Å². The third kappa shape index (κ3) is 3.40. The van der Waals surface area contributed by atoms with Gasteiger partial charge in [-0.2, -0.15) is 0 Å². The van der Waals surface area contributed by atoms with E-state index < -0.39 is 5.97 Å². The van der Waals surface area contributed by atoms with E-state index in [0.717, 1.165) is 24.8 Å². The second kappa shape index (κ2) is 6.13. The Morgan fingerprint density at radius 2 is 2.37 bits per heavy atom. The van der Waals surface area contributed by atoms with Gasteiger partial charge < -0.3 is 15.5 Å². The highest BCUT2D eigenvalue weighted by Gasteiger charge is 2.31. The van der Waals surface area contributed by atoms with Crippen LogP contribution < -0.4 is 5.32 Å². The number of allylic oxidation sites excluding steroid dienone is 1. The number of carbonyl (C=O) groups excluding carboxylic acids is 1. The number of anilines is 1. The molecule has 0 spiro atoms. The van der Waals surface area contributed by atoms with E-state index in [2.05, 4.69) is 10.3 Å². The third-order valence-corrected chi connectivity index (χ3v) is 2.84. The molecule has 1 fully saturated rings. The lowest BCUT2D eigenvalue weighted by Gasteiger charge is -2.13. The fourth-order valence-corrected chi connectivity index (χ4v) is 1.79. The summed E-state index contributed by atoms with van der Waals surface area (Å²) in [6, 6.07) is 5.53. The van der Waals surface area contributed by atoms with E-state index in [1.165, 1.54) is 0 Å². The van der Waals surface area contributed by atoms with Gasteiger partial charge in [-0.25, -0.2) is 9.78 Å². The first-order valence-corrected chi connectivity index (χ1v) is 6.36. The molecule has 0 aliphatic heterocycles. The van der Waals surface area contributed by atoms with E-state index in [-0.39, 0.29) is 5.57 Å². The normalized spacial score (nSPS) is 15.4. The molecule has 0 amide bonds. The van der Waals surface area contributed by atoms with Gasteiger partial charge in [-0.05, 0) is 31.9 Å². The predicted molar refractivity (Wildman–Crippen MR) is 73.0 cm³/mol. The van der Waals surface area contributed by atoms with Gasteiger partial charge in [-0.1, -0.05) is 6.07 Å². The Hall–Kier alpha value is -2.17. The molecule has 2 rings (SSSR count). The quantitative estimate of drug-likeness (QED) is 0.467. The van der Waals surface area contributed by atoms with Gasteiger partial charge in [0.2, 0.25) is 0 Å². The lowest BCUT2D eigenvalue weighted by Crippen LogP contribution is -2.16. The van der Waals surface area contributed by atoms with Crippen LogP contribution in [0.15, 0.2) is 35.7 Å². The molecule has 1 saturated carbocycles. The van der Waals surface area contributed by atoms with Gasteiger partial charge in [0.1, 0.15) is 5.82 Å². The lowest BCUT2D eigenvalue weighted by atomic mass is 10.1. The second-order valence-electron chi connectivity index (χ2n) is 4.31. The smallest absolute Gasteiger partial charge is 0.341 e. The van der Waals surface area contributed by atoms with Gasteiger partial charge in [0.05, 0.1) is 12.2 Å². The molecule has 2 N–H and O–H groups in total. The molecule has 0 aromatic carbocycles. The minimum atomic E-state index is -0.456. The lowest BCUT2D eigenvalue weighted by molar-refractivity contribution is -0.137. The molecule has 5 nitrogen and oxygen atoms in total. The van der Waals surface area contributed by atoms with Gasteiger partial charge in [0.15, 0.2) is 0 Å². The molecular formula is C14H17N3O2. The SMILES string of the molecule is CCOC(=O)/C(C=N)=C(/Nc1ccccn1)C1CC1. The molecule has 1 aliphatic rings. The molecule has 1 aromatic rings. The highest BCUT2D eigenvalue weighted by Crippen LogP contribution is 2.38. The Bertz CT molecular complexity index is 493. The maximum Gasteiger partial charge on any atom is 0.341 e. The van der Waals surface area contributed by atoms with Crippen LogP contribution in [0.25, 0.3) is 0 Å². The number of rotatable bonds is 6. The number of esters is 1. The topological polar surface area (TPSA) is 75.1 Å². The number of pyridine rings is 1. The molecule has 0 unspecified atom stereocenters. The van der Waals surface area contributed by atoms with E-state index >= 15 is 0 Å². The largest absolute Gasteiger partial charge is 0.462 e. The first-order valence-electron chi connectivity index (χ1n) is 6.36. The molecule has 1 aromatic heterocycles. The summed E-state index contributed by atoms with van der Waals surface area (Å²) in [5.41, 5.74) is 1.03. The Kier molecular flexibility index (Phi) is 4.28. The first-order chi connectivity index (χ1) is 9.26. The van der Waals surface area contributed by atoms with Crippen LogP contribution >= 0.6 is 0 Å². The number of ether oxygens (including phenoxy) is 1. The predicted octanol–water partition coefficient (Wildman–Crippen LogP) is 2.37. The summed E-state index contributed by atoms with van der Waals surface area (Å²) in [7, 11) is 0. The minimum Gasteiger partial charge on any atom is -0.462 e. The van der Waals surface area contributed by atoms with Crippen LogP contribution in [0.2, 0.25) is 0 Å². The van der Waals surface area contributed by atoms with Crippen LogP contribution in [0.1, 0.15) is 19.8 Å². The summed E-state index contributed by atoms with van der Waals surface area (Å²) in [5, 5.41) is 10.6. The van der Waals surface area contributed by atoms with E-state index in [0.29, 0.717) is 18.3 Å². The number of carbonyl (C=O) groups is 1. The number of aromatic nitrogens is 1. The zero-order valence-corrected chi connectivity index (χ0v) is 10.8. The Labute approximate surface area is 112 Å². The Balaban J connectivity index is 2.27. The summed E-state index contributed by atoms with van der Waals surface area (Å²) in [4.78, 5) is 16.0. The average molecular weight is 259 g/mol. The van der Waals surface area contributed by atoms with E-state index in [4.69, 9.17) is 10.1 Å². The summed E-state index contributed by atoms with van der Waals surface area (Å²) in [6.07, 6.45) is 4.78. The molecule has 0 radical (unpaired) electrons. The highest BCUT2D eigenvalue weighted by atomic mass is 16.5. The van der Waals surface area contributed by atoms with Crippen molar-refractivity contribution in [1.82, 2.24) is 4.98 Å². The van der Waals surface area contributed by atoms with E-state index in [1.807, 2.05) is 18.2 Å². The monoisotopic (exact) mass is 259 g/mol. The number of nitrogens with zero attached hydrogens (tertiary/aromatic N) is 1. The van der Waals surface area contributed by atoms with Crippen molar-refractivity contribution in [2.45, 2.75) is 19.8 Å². The fourth-order valence-electron chi connectivity index (χ4n) is 1.79. The molecule has 100 valence electrons. The standard InChI is InChI=1S/C14H17N3O2/c1-2-19-14(18)11(9-15)13(10-6-7-10)17-12-5-3-4-8-16-12/h3-5,8-10,15H,2,6-7H2,1H3,(H,16,17)/b13-11+,15-9?. The fraction of sp³-hybridized carbons (Fsp3) is 0.357.